The van der Waals surface area contributed by atoms with Gasteiger partial charge in [0.05, 0.1) is 11.7 Å². The second kappa shape index (κ2) is 4.98. The van der Waals surface area contributed by atoms with Crippen molar-refractivity contribution >= 4 is 22.7 Å². The molecule has 3 aromatic rings. The maximum absolute atomic E-state index is 4.66. The average molecular weight is 286 g/mol. The van der Waals surface area contributed by atoms with E-state index in [9.17, 15) is 0 Å². The zero-order valence-electron chi connectivity index (χ0n) is 12.2. The Labute approximate surface area is 122 Å². The zero-order valence-corrected chi connectivity index (χ0v) is 13.0. The first-order valence-corrected chi connectivity index (χ1v) is 7.87. The lowest BCUT2D eigenvalue weighted by Crippen LogP contribution is -1.90. The van der Waals surface area contributed by atoms with Crippen LogP contribution in [0.15, 0.2) is 30.6 Å². The highest BCUT2D eigenvalue weighted by molar-refractivity contribution is 7.98. The van der Waals surface area contributed by atoms with Crippen molar-refractivity contribution in [2.75, 3.05) is 6.26 Å². The summed E-state index contributed by atoms with van der Waals surface area (Å²) < 4.78 is 3.75. The standard InChI is InChI=1S/C15H18N4S/c1-10(20-4)11-5-6-14-13(7-11)15(17-19(14)3)12-8-16-18(2)9-12/h5-10H,1-4H3. The van der Waals surface area contributed by atoms with Gasteiger partial charge in [0, 0.05) is 36.5 Å². The Morgan fingerprint density at radius 2 is 2.05 bits per heavy atom. The molecule has 3 rings (SSSR count). The van der Waals surface area contributed by atoms with Crippen LogP contribution in [-0.4, -0.2) is 25.8 Å². The van der Waals surface area contributed by atoms with Crippen molar-refractivity contribution < 1.29 is 0 Å². The number of hydrogen-bond donors (Lipinski definition) is 0. The molecule has 0 aliphatic heterocycles. The van der Waals surface area contributed by atoms with Crippen molar-refractivity contribution in [3.8, 4) is 11.3 Å². The molecule has 0 saturated heterocycles. The van der Waals surface area contributed by atoms with Crippen molar-refractivity contribution in [3.63, 3.8) is 0 Å². The Hall–Kier alpha value is -1.75. The van der Waals surface area contributed by atoms with Crippen LogP contribution < -0.4 is 0 Å². The van der Waals surface area contributed by atoms with Gasteiger partial charge in [0.15, 0.2) is 0 Å². The summed E-state index contributed by atoms with van der Waals surface area (Å²) in [5.74, 6) is 0. The first kappa shape index (κ1) is 13.2. The summed E-state index contributed by atoms with van der Waals surface area (Å²) in [7, 11) is 3.91. The average Bonchev–Trinajstić information content (AvgIpc) is 3.02. The van der Waals surface area contributed by atoms with Gasteiger partial charge < -0.3 is 0 Å². The first-order chi connectivity index (χ1) is 9.60. The quantitative estimate of drug-likeness (QED) is 0.740. The molecule has 1 atom stereocenters. The first-order valence-electron chi connectivity index (χ1n) is 6.58. The maximum atomic E-state index is 4.66. The zero-order chi connectivity index (χ0) is 14.3. The van der Waals surface area contributed by atoms with Crippen LogP contribution in [0.4, 0.5) is 0 Å². The number of benzene rings is 1. The molecule has 0 amide bonds. The summed E-state index contributed by atoms with van der Waals surface area (Å²) in [5.41, 5.74) is 4.56. The third kappa shape index (κ3) is 2.12. The highest BCUT2D eigenvalue weighted by atomic mass is 32.2. The topological polar surface area (TPSA) is 35.6 Å². The fourth-order valence-corrected chi connectivity index (χ4v) is 2.85. The molecule has 104 valence electrons. The van der Waals surface area contributed by atoms with Crippen molar-refractivity contribution in [1.29, 1.82) is 0 Å². The number of nitrogens with zero attached hydrogens (tertiary/aromatic N) is 4. The third-order valence-electron chi connectivity index (χ3n) is 3.68. The van der Waals surface area contributed by atoms with E-state index in [4.69, 9.17) is 0 Å². The van der Waals surface area contributed by atoms with Crippen LogP contribution in [0.25, 0.3) is 22.2 Å². The molecule has 0 fully saturated rings. The Morgan fingerprint density at radius 3 is 2.70 bits per heavy atom. The number of aryl methyl sites for hydroxylation is 2. The second-order valence-corrected chi connectivity index (χ2v) is 6.21. The SMILES string of the molecule is CSC(C)c1ccc2c(c1)c(-c1cnn(C)c1)nn2C. The van der Waals surface area contributed by atoms with Crippen LogP contribution in [-0.2, 0) is 14.1 Å². The molecule has 2 heterocycles. The molecule has 5 heteroatoms. The number of aromatic nitrogens is 4. The van der Waals surface area contributed by atoms with E-state index in [1.165, 1.54) is 10.9 Å². The summed E-state index contributed by atoms with van der Waals surface area (Å²) in [6, 6.07) is 6.61. The van der Waals surface area contributed by atoms with Gasteiger partial charge in [-0.15, -0.1) is 0 Å². The third-order valence-corrected chi connectivity index (χ3v) is 4.65. The minimum absolute atomic E-state index is 0.487. The molecule has 20 heavy (non-hydrogen) atoms. The van der Waals surface area contributed by atoms with E-state index in [1.54, 1.807) is 0 Å². The normalized spacial score (nSPS) is 13.0. The molecule has 0 aliphatic carbocycles. The number of hydrogen-bond acceptors (Lipinski definition) is 3. The van der Waals surface area contributed by atoms with Gasteiger partial charge in [-0.2, -0.15) is 22.0 Å². The van der Waals surface area contributed by atoms with Crippen LogP contribution in [0.1, 0.15) is 17.7 Å². The predicted molar refractivity (Wildman–Crippen MR) is 84.8 cm³/mol. The maximum Gasteiger partial charge on any atom is 0.103 e. The van der Waals surface area contributed by atoms with E-state index >= 15 is 0 Å². The molecule has 0 spiro atoms. The van der Waals surface area contributed by atoms with Crippen molar-refractivity contribution in [1.82, 2.24) is 19.6 Å². The molecule has 0 saturated carbocycles. The molecule has 4 nitrogen and oxygen atoms in total. The summed E-state index contributed by atoms with van der Waals surface area (Å²) >= 11 is 1.86. The Morgan fingerprint density at radius 1 is 1.25 bits per heavy atom. The summed E-state index contributed by atoms with van der Waals surface area (Å²) in [5, 5.41) is 10.6. The van der Waals surface area contributed by atoms with E-state index < -0.39 is 0 Å². The highest BCUT2D eigenvalue weighted by Crippen LogP contribution is 2.32. The Bertz CT molecular complexity index is 756. The van der Waals surface area contributed by atoms with E-state index in [0.29, 0.717) is 5.25 Å². The van der Waals surface area contributed by atoms with Crippen molar-refractivity contribution in [2.24, 2.45) is 14.1 Å². The van der Waals surface area contributed by atoms with Gasteiger partial charge in [0.2, 0.25) is 0 Å². The number of thioether (sulfide) groups is 1. The Kier molecular flexibility index (Phi) is 3.30. The van der Waals surface area contributed by atoms with Crippen LogP contribution >= 0.6 is 11.8 Å². The number of rotatable bonds is 3. The lowest BCUT2D eigenvalue weighted by molar-refractivity contribution is 0.767. The van der Waals surface area contributed by atoms with E-state index in [-0.39, 0.29) is 0 Å². The molecule has 0 bridgehead atoms. The molecule has 0 aliphatic rings. The molecule has 0 N–H and O–H groups in total. The molecular formula is C15H18N4S. The van der Waals surface area contributed by atoms with Gasteiger partial charge in [-0.05, 0) is 30.9 Å². The minimum atomic E-state index is 0.487. The van der Waals surface area contributed by atoms with Gasteiger partial charge in [-0.25, -0.2) is 0 Å². The smallest absolute Gasteiger partial charge is 0.103 e. The van der Waals surface area contributed by atoms with Crippen molar-refractivity contribution in [2.45, 2.75) is 12.2 Å². The Balaban J connectivity index is 2.21. The van der Waals surface area contributed by atoms with Crippen LogP contribution in [0.3, 0.4) is 0 Å². The van der Waals surface area contributed by atoms with Crippen LogP contribution in [0.5, 0.6) is 0 Å². The van der Waals surface area contributed by atoms with Gasteiger partial charge in [0.1, 0.15) is 5.69 Å². The van der Waals surface area contributed by atoms with Gasteiger partial charge in [-0.3, -0.25) is 9.36 Å². The molecular weight excluding hydrogens is 268 g/mol. The lowest BCUT2D eigenvalue weighted by Gasteiger charge is -2.08. The van der Waals surface area contributed by atoms with Gasteiger partial charge in [0.25, 0.3) is 0 Å². The molecule has 0 radical (unpaired) electrons. The largest absolute Gasteiger partial charge is 0.275 e. The predicted octanol–water partition coefficient (Wildman–Crippen LogP) is 3.40. The summed E-state index contributed by atoms with van der Waals surface area (Å²) in [4.78, 5) is 0. The number of fused-ring (bicyclic) bond motifs is 1. The summed E-state index contributed by atoms with van der Waals surface area (Å²) in [6.07, 6.45) is 6.01. The fraction of sp³-hybridized carbons (Fsp3) is 0.333. The van der Waals surface area contributed by atoms with Gasteiger partial charge in [-0.1, -0.05) is 6.07 Å². The van der Waals surface area contributed by atoms with E-state index in [2.05, 4.69) is 41.6 Å². The molecule has 1 aromatic carbocycles. The van der Waals surface area contributed by atoms with Crippen LogP contribution in [0, 0.1) is 0 Å². The lowest BCUT2D eigenvalue weighted by atomic mass is 10.1. The highest BCUT2D eigenvalue weighted by Gasteiger charge is 2.14. The molecule has 1 unspecified atom stereocenters. The van der Waals surface area contributed by atoms with E-state index in [0.717, 1.165) is 16.8 Å². The monoisotopic (exact) mass is 286 g/mol. The second-order valence-electron chi connectivity index (χ2n) is 5.03. The molecule has 2 aromatic heterocycles. The van der Waals surface area contributed by atoms with Crippen molar-refractivity contribution in [3.05, 3.63) is 36.2 Å². The van der Waals surface area contributed by atoms with Crippen LogP contribution in [0.2, 0.25) is 0 Å². The van der Waals surface area contributed by atoms with E-state index in [1.807, 2.05) is 47.6 Å². The van der Waals surface area contributed by atoms with Gasteiger partial charge >= 0.3 is 0 Å². The minimum Gasteiger partial charge on any atom is -0.275 e. The fourth-order valence-electron chi connectivity index (χ4n) is 2.43. The summed E-state index contributed by atoms with van der Waals surface area (Å²) in [6.45, 7) is 2.23.